The van der Waals surface area contributed by atoms with E-state index in [1.807, 2.05) is 43.5 Å². The highest BCUT2D eigenvalue weighted by atomic mass is 32.1. The molecular weight excluding hydrogens is 448 g/mol. The minimum absolute atomic E-state index is 0.0993. The van der Waals surface area contributed by atoms with Gasteiger partial charge in [0, 0.05) is 42.8 Å². The Morgan fingerprint density at radius 2 is 1.65 bits per heavy atom. The second-order valence-electron chi connectivity index (χ2n) is 8.05. The molecule has 3 heterocycles. The van der Waals surface area contributed by atoms with Crippen molar-refractivity contribution in [2.45, 2.75) is 13.8 Å². The second kappa shape index (κ2) is 9.77. The molecule has 0 spiro atoms. The topological polar surface area (TPSA) is 70.7 Å². The van der Waals surface area contributed by atoms with Crippen molar-refractivity contribution in [2.75, 3.05) is 49.2 Å². The Balaban J connectivity index is 1.45. The maximum Gasteiger partial charge on any atom is 0.270 e. The van der Waals surface area contributed by atoms with Gasteiger partial charge in [0.25, 0.3) is 5.56 Å². The van der Waals surface area contributed by atoms with E-state index < -0.39 is 0 Å². The van der Waals surface area contributed by atoms with Gasteiger partial charge in [0.1, 0.15) is 4.70 Å². The Bertz CT molecular complexity index is 1330. The van der Waals surface area contributed by atoms with Gasteiger partial charge in [-0.05, 0) is 43.7 Å². The number of para-hydroxylation sites is 1. The van der Waals surface area contributed by atoms with Gasteiger partial charge in [0.2, 0.25) is 5.95 Å². The molecule has 0 saturated carbocycles. The summed E-state index contributed by atoms with van der Waals surface area (Å²) in [5.41, 5.74) is 3.73. The van der Waals surface area contributed by atoms with E-state index in [2.05, 4.69) is 39.0 Å². The number of piperazine rings is 1. The number of aromatic nitrogens is 2. The van der Waals surface area contributed by atoms with Gasteiger partial charge in [-0.1, -0.05) is 24.3 Å². The van der Waals surface area contributed by atoms with Crippen molar-refractivity contribution in [3.8, 4) is 22.6 Å². The predicted octanol–water partition coefficient (Wildman–Crippen LogP) is 4.78. The molecule has 2 aromatic carbocycles. The van der Waals surface area contributed by atoms with E-state index in [4.69, 9.17) is 14.5 Å². The molecule has 0 atom stereocenters. The number of nitrogens with one attached hydrogen (secondary N) is 1. The smallest absolute Gasteiger partial charge is 0.270 e. The third-order valence-electron chi connectivity index (χ3n) is 5.97. The zero-order valence-electron chi connectivity index (χ0n) is 19.4. The van der Waals surface area contributed by atoms with Gasteiger partial charge in [0.15, 0.2) is 11.5 Å². The molecule has 1 fully saturated rings. The van der Waals surface area contributed by atoms with Crippen molar-refractivity contribution >= 4 is 33.2 Å². The van der Waals surface area contributed by atoms with Gasteiger partial charge in [-0.25, -0.2) is 4.98 Å². The van der Waals surface area contributed by atoms with E-state index in [1.54, 1.807) is 0 Å². The summed E-state index contributed by atoms with van der Waals surface area (Å²) in [6.45, 7) is 8.35. The van der Waals surface area contributed by atoms with Crippen LogP contribution in [0, 0.1) is 0 Å². The summed E-state index contributed by atoms with van der Waals surface area (Å²) in [5.74, 6) is 2.04. The van der Waals surface area contributed by atoms with Crippen LogP contribution in [-0.2, 0) is 0 Å². The Labute approximate surface area is 202 Å². The number of H-pyrrole nitrogens is 1. The maximum absolute atomic E-state index is 12.9. The zero-order chi connectivity index (χ0) is 23.5. The van der Waals surface area contributed by atoms with E-state index in [0.29, 0.717) is 29.6 Å². The molecule has 1 aliphatic rings. The number of fused-ring (bicyclic) bond motifs is 1. The van der Waals surface area contributed by atoms with E-state index >= 15 is 0 Å². The molecule has 4 aromatic rings. The summed E-state index contributed by atoms with van der Waals surface area (Å²) in [6.07, 6.45) is 0. The lowest BCUT2D eigenvalue weighted by Gasteiger charge is -2.36. The van der Waals surface area contributed by atoms with Gasteiger partial charge in [0.05, 0.1) is 18.7 Å². The van der Waals surface area contributed by atoms with E-state index in [1.165, 1.54) is 17.0 Å². The van der Waals surface area contributed by atoms with Gasteiger partial charge >= 0.3 is 0 Å². The molecule has 0 radical (unpaired) electrons. The monoisotopic (exact) mass is 476 g/mol. The molecule has 0 aliphatic carbocycles. The number of nitrogens with zero attached hydrogens (tertiary/aromatic N) is 3. The maximum atomic E-state index is 12.9. The largest absolute Gasteiger partial charge is 0.490 e. The van der Waals surface area contributed by atoms with Crippen LogP contribution < -0.4 is 24.8 Å². The molecular formula is C26H28N4O3S. The standard InChI is InChI=1S/C26H28N4O3S/c1-3-32-21-11-10-18(16-22(21)33-4-2)20-17-34-24-23(20)27-26(28-25(24)31)30-14-12-29(13-15-30)19-8-6-5-7-9-19/h5-11,16-17H,3-4,12-15H2,1-2H3,(H,27,28,31). The lowest BCUT2D eigenvalue weighted by atomic mass is 10.1. The van der Waals surface area contributed by atoms with Gasteiger partial charge < -0.3 is 19.3 Å². The molecule has 0 bridgehead atoms. The van der Waals surface area contributed by atoms with Crippen LogP contribution >= 0.6 is 11.3 Å². The highest BCUT2D eigenvalue weighted by Gasteiger charge is 2.21. The molecule has 1 saturated heterocycles. The molecule has 0 unspecified atom stereocenters. The Morgan fingerprint density at radius 1 is 0.941 bits per heavy atom. The number of benzene rings is 2. The molecule has 176 valence electrons. The van der Waals surface area contributed by atoms with Crippen LogP contribution in [0.1, 0.15) is 13.8 Å². The third kappa shape index (κ3) is 4.33. The molecule has 1 aliphatic heterocycles. The third-order valence-corrected chi connectivity index (χ3v) is 6.94. The van der Waals surface area contributed by atoms with Crippen LogP contribution in [0.15, 0.2) is 58.7 Å². The first-order valence-electron chi connectivity index (χ1n) is 11.6. The Hall–Kier alpha value is -3.52. The molecule has 7 nitrogen and oxygen atoms in total. The minimum Gasteiger partial charge on any atom is -0.490 e. The van der Waals surface area contributed by atoms with Crippen molar-refractivity contribution < 1.29 is 9.47 Å². The van der Waals surface area contributed by atoms with Gasteiger partial charge in [-0.2, -0.15) is 0 Å². The number of aromatic amines is 1. The number of anilines is 2. The zero-order valence-corrected chi connectivity index (χ0v) is 20.2. The summed E-state index contributed by atoms with van der Waals surface area (Å²) in [5, 5.41) is 2.00. The molecule has 1 N–H and O–H groups in total. The molecule has 34 heavy (non-hydrogen) atoms. The number of rotatable bonds is 7. The fourth-order valence-corrected chi connectivity index (χ4v) is 5.21. The Morgan fingerprint density at radius 3 is 2.38 bits per heavy atom. The van der Waals surface area contributed by atoms with Crippen molar-refractivity contribution in [1.82, 2.24) is 9.97 Å². The van der Waals surface area contributed by atoms with Gasteiger partial charge in [-0.15, -0.1) is 11.3 Å². The summed E-state index contributed by atoms with van der Waals surface area (Å²) in [6, 6.07) is 16.3. The highest BCUT2D eigenvalue weighted by molar-refractivity contribution is 7.17. The van der Waals surface area contributed by atoms with Gasteiger partial charge in [-0.3, -0.25) is 9.78 Å². The van der Waals surface area contributed by atoms with Crippen LogP contribution in [0.4, 0.5) is 11.6 Å². The summed E-state index contributed by atoms with van der Waals surface area (Å²) in [4.78, 5) is 25.4. The van der Waals surface area contributed by atoms with Crippen molar-refractivity contribution in [1.29, 1.82) is 0 Å². The Kier molecular flexibility index (Phi) is 6.40. The second-order valence-corrected chi connectivity index (χ2v) is 8.93. The lowest BCUT2D eigenvalue weighted by Crippen LogP contribution is -2.47. The predicted molar refractivity (Wildman–Crippen MR) is 139 cm³/mol. The molecule has 0 amide bonds. The number of ether oxygens (including phenoxy) is 2. The summed E-state index contributed by atoms with van der Waals surface area (Å²) >= 11 is 1.42. The van der Waals surface area contributed by atoms with Crippen LogP contribution in [0.2, 0.25) is 0 Å². The quantitative estimate of drug-likeness (QED) is 0.414. The van der Waals surface area contributed by atoms with E-state index in [0.717, 1.165) is 48.6 Å². The number of thiophene rings is 1. The molecule has 8 heteroatoms. The van der Waals surface area contributed by atoms with Crippen molar-refractivity contribution in [2.24, 2.45) is 0 Å². The minimum atomic E-state index is -0.0993. The normalized spacial score (nSPS) is 13.9. The van der Waals surface area contributed by atoms with Crippen LogP contribution in [0.25, 0.3) is 21.3 Å². The van der Waals surface area contributed by atoms with Crippen LogP contribution in [-0.4, -0.2) is 49.4 Å². The first-order valence-corrected chi connectivity index (χ1v) is 12.5. The van der Waals surface area contributed by atoms with E-state index in [9.17, 15) is 4.79 Å². The lowest BCUT2D eigenvalue weighted by molar-refractivity contribution is 0.288. The summed E-state index contributed by atoms with van der Waals surface area (Å²) in [7, 11) is 0. The van der Waals surface area contributed by atoms with Crippen LogP contribution in [0.5, 0.6) is 11.5 Å². The average Bonchev–Trinajstić information content (AvgIpc) is 3.31. The fourth-order valence-electron chi connectivity index (χ4n) is 4.30. The highest BCUT2D eigenvalue weighted by Crippen LogP contribution is 2.37. The SMILES string of the molecule is CCOc1ccc(-c2csc3c(=O)[nH]c(N4CCN(c5ccccc5)CC4)nc23)cc1OCC. The van der Waals surface area contributed by atoms with Crippen LogP contribution in [0.3, 0.4) is 0 Å². The summed E-state index contributed by atoms with van der Waals surface area (Å²) < 4.78 is 12.1. The number of hydrogen-bond acceptors (Lipinski definition) is 7. The average molecular weight is 477 g/mol. The molecule has 5 rings (SSSR count). The fraction of sp³-hybridized carbons (Fsp3) is 0.308. The first-order chi connectivity index (χ1) is 16.7. The molecule has 2 aromatic heterocycles. The van der Waals surface area contributed by atoms with Crippen molar-refractivity contribution in [3.63, 3.8) is 0 Å². The first kappa shape index (κ1) is 22.3. The van der Waals surface area contributed by atoms with Crippen molar-refractivity contribution in [3.05, 3.63) is 64.3 Å². The van der Waals surface area contributed by atoms with E-state index in [-0.39, 0.29) is 5.56 Å². The number of hydrogen-bond donors (Lipinski definition) is 1.